The summed E-state index contributed by atoms with van der Waals surface area (Å²) in [5.74, 6) is 1.32. The van der Waals surface area contributed by atoms with Gasteiger partial charge in [0.15, 0.2) is 5.78 Å². The minimum Gasteiger partial charge on any atom is -0.319 e. The van der Waals surface area contributed by atoms with Crippen molar-refractivity contribution in [3.8, 4) is 0 Å². The van der Waals surface area contributed by atoms with Crippen molar-refractivity contribution in [3.63, 3.8) is 0 Å². The van der Waals surface area contributed by atoms with Gasteiger partial charge in [-0.2, -0.15) is 0 Å². The highest BCUT2D eigenvalue weighted by molar-refractivity contribution is 5.90. The van der Waals surface area contributed by atoms with Crippen LogP contribution in [-0.4, -0.2) is 11.3 Å². The molecule has 2 N–H and O–H groups in total. The molecule has 0 spiro atoms. The average Bonchev–Trinajstić information content (AvgIpc) is 2.37. The van der Waals surface area contributed by atoms with Crippen LogP contribution >= 0.6 is 0 Å². The summed E-state index contributed by atoms with van der Waals surface area (Å²) in [7, 11) is 0. The van der Waals surface area contributed by atoms with Gasteiger partial charge in [0.05, 0.1) is 5.54 Å². The van der Waals surface area contributed by atoms with E-state index in [0.717, 1.165) is 31.6 Å². The van der Waals surface area contributed by atoms with E-state index < -0.39 is 5.54 Å². The smallest absolute Gasteiger partial charge is 0.155 e. The van der Waals surface area contributed by atoms with Crippen LogP contribution in [0.3, 0.4) is 0 Å². The zero-order valence-corrected chi connectivity index (χ0v) is 11.1. The fraction of sp³-hybridized carbons (Fsp3) is 0.929. The Morgan fingerprint density at radius 3 is 2.38 bits per heavy atom. The predicted octanol–water partition coefficient (Wildman–Crippen LogP) is 3.29. The quantitative estimate of drug-likeness (QED) is 0.780. The van der Waals surface area contributed by atoms with Gasteiger partial charge in [-0.15, -0.1) is 0 Å². The summed E-state index contributed by atoms with van der Waals surface area (Å²) in [6.45, 7) is 6.29. The van der Waals surface area contributed by atoms with Crippen LogP contribution in [0.1, 0.15) is 65.7 Å². The largest absolute Gasteiger partial charge is 0.319 e. The summed E-state index contributed by atoms with van der Waals surface area (Å²) in [6, 6.07) is 0. The maximum absolute atomic E-state index is 12.4. The van der Waals surface area contributed by atoms with Gasteiger partial charge in [-0.05, 0) is 31.6 Å². The van der Waals surface area contributed by atoms with Gasteiger partial charge in [0.1, 0.15) is 0 Å². The Bertz CT molecular complexity index is 233. The molecule has 0 aromatic carbocycles. The third-order valence-electron chi connectivity index (χ3n) is 4.48. The molecule has 16 heavy (non-hydrogen) atoms. The highest BCUT2D eigenvalue weighted by Crippen LogP contribution is 2.34. The molecule has 1 aliphatic rings. The number of hydrogen-bond donors (Lipinski definition) is 1. The van der Waals surface area contributed by atoms with Crippen molar-refractivity contribution in [2.24, 2.45) is 17.6 Å². The van der Waals surface area contributed by atoms with Crippen molar-refractivity contribution in [1.82, 2.24) is 0 Å². The lowest BCUT2D eigenvalue weighted by Gasteiger charge is -2.34. The summed E-state index contributed by atoms with van der Waals surface area (Å²) >= 11 is 0. The van der Waals surface area contributed by atoms with Crippen molar-refractivity contribution in [2.45, 2.75) is 71.3 Å². The van der Waals surface area contributed by atoms with Gasteiger partial charge < -0.3 is 5.73 Å². The van der Waals surface area contributed by atoms with Crippen LogP contribution in [0.4, 0.5) is 0 Å². The number of Topliss-reactive ketones (excluding diaryl/α,β-unsaturated/α-hetero) is 1. The predicted molar refractivity (Wildman–Crippen MR) is 68.2 cm³/mol. The average molecular weight is 225 g/mol. The summed E-state index contributed by atoms with van der Waals surface area (Å²) in [5, 5.41) is 0. The van der Waals surface area contributed by atoms with Gasteiger partial charge in [-0.3, -0.25) is 4.79 Å². The van der Waals surface area contributed by atoms with E-state index in [0.29, 0.717) is 5.78 Å². The summed E-state index contributed by atoms with van der Waals surface area (Å²) in [4.78, 5) is 12.4. The van der Waals surface area contributed by atoms with Gasteiger partial charge in [-0.1, -0.05) is 40.0 Å². The van der Waals surface area contributed by atoms with Crippen LogP contribution in [-0.2, 0) is 4.79 Å². The minimum absolute atomic E-state index is 0.239. The molecule has 0 amide bonds. The molecule has 0 radical (unpaired) electrons. The highest BCUT2D eigenvalue weighted by atomic mass is 16.1. The molecule has 2 atom stereocenters. The molecule has 0 aromatic heterocycles. The van der Waals surface area contributed by atoms with Gasteiger partial charge >= 0.3 is 0 Å². The molecule has 1 fully saturated rings. The minimum atomic E-state index is -0.555. The topological polar surface area (TPSA) is 43.1 Å². The SMILES string of the molecule is CCC1CCCC(C(=O)C(N)(CC)CC)C1. The molecule has 1 rings (SSSR count). The lowest BCUT2D eigenvalue weighted by atomic mass is 9.72. The highest BCUT2D eigenvalue weighted by Gasteiger charge is 2.37. The maximum Gasteiger partial charge on any atom is 0.155 e. The summed E-state index contributed by atoms with van der Waals surface area (Å²) < 4.78 is 0. The monoisotopic (exact) mass is 225 g/mol. The van der Waals surface area contributed by atoms with Crippen molar-refractivity contribution < 1.29 is 4.79 Å². The fourth-order valence-electron chi connectivity index (χ4n) is 2.90. The number of hydrogen-bond acceptors (Lipinski definition) is 2. The van der Waals surface area contributed by atoms with Crippen LogP contribution in [0, 0.1) is 11.8 Å². The van der Waals surface area contributed by atoms with E-state index in [1.807, 2.05) is 13.8 Å². The fourth-order valence-corrected chi connectivity index (χ4v) is 2.90. The van der Waals surface area contributed by atoms with Gasteiger partial charge in [-0.25, -0.2) is 0 Å². The first-order valence-electron chi connectivity index (χ1n) is 6.90. The number of carbonyl (C=O) groups excluding carboxylic acids is 1. The van der Waals surface area contributed by atoms with E-state index >= 15 is 0 Å². The molecule has 0 aromatic rings. The van der Waals surface area contributed by atoms with Crippen molar-refractivity contribution in [2.75, 3.05) is 0 Å². The first-order chi connectivity index (χ1) is 7.57. The molecular weight excluding hydrogens is 198 g/mol. The Balaban J connectivity index is 2.65. The normalized spacial score (nSPS) is 26.8. The second-order valence-corrected chi connectivity index (χ2v) is 5.37. The Morgan fingerprint density at radius 1 is 1.25 bits per heavy atom. The molecule has 0 saturated heterocycles. The van der Waals surface area contributed by atoms with E-state index in [1.165, 1.54) is 19.3 Å². The third-order valence-corrected chi connectivity index (χ3v) is 4.48. The van der Waals surface area contributed by atoms with Crippen molar-refractivity contribution in [1.29, 1.82) is 0 Å². The van der Waals surface area contributed by atoms with E-state index in [9.17, 15) is 4.79 Å². The zero-order chi connectivity index (χ0) is 12.2. The van der Waals surface area contributed by atoms with Gasteiger partial charge in [0.2, 0.25) is 0 Å². The second kappa shape index (κ2) is 5.81. The Labute approximate surface area is 100.0 Å². The van der Waals surface area contributed by atoms with Crippen LogP contribution in [0.15, 0.2) is 0 Å². The molecule has 0 heterocycles. The van der Waals surface area contributed by atoms with Crippen molar-refractivity contribution >= 4 is 5.78 Å². The molecule has 2 nitrogen and oxygen atoms in total. The first kappa shape index (κ1) is 13.7. The Morgan fingerprint density at radius 2 is 1.88 bits per heavy atom. The molecule has 1 saturated carbocycles. The first-order valence-corrected chi connectivity index (χ1v) is 6.90. The molecule has 0 aliphatic heterocycles. The summed E-state index contributed by atoms with van der Waals surface area (Å²) in [5.41, 5.74) is 5.65. The van der Waals surface area contributed by atoms with E-state index in [4.69, 9.17) is 5.73 Å². The van der Waals surface area contributed by atoms with Gasteiger partial charge in [0, 0.05) is 5.92 Å². The van der Waals surface area contributed by atoms with E-state index in [1.54, 1.807) is 0 Å². The molecule has 94 valence electrons. The summed E-state index contributed by atoms with van der Waals surface area (Å²) in [6.07, 6.45) is 7.40. The van der Waals surface area contributed by atoms with Crippen LogP contribution in [0.5, 0.6) is 0 Å². The van der Waals surface area contributed by atoms with E-state index in [2.05, 4.69) is 6.92 Å². The van der Waals surface area contributed by atoms with Crippen molar-refractivity contribution in [3.05, 3.63) is 0 Å². The Hall–Kier alpha value is -0.370. The lowest BCUT2D eigenvalue weighted by molar-refractivity contribution is -0.130. The molecule has 1 aliphatic carbocycles. The van der Waals surface area contributed by atoms with Crippen LogP contribution < -0.4 is 5.73 Å². The molecular formula is C14H27NO. The maximum atomic E-state index is 12.4. The standard InChI is InChI=1S/C14H27NO/c1-4-11-8-7-9-12(10-11)13(16)14(15,5-2)6-3/h11-12H,4-10,15H2,1-3H3. The third kappa shape index (κ3) is 2.85. The van der Waals surface area contributed by atoms with Crippen LogP contribution in [0.2, 0.25) is 0 Å². The van der Waals surface area contributed by atoms with Gasteiger partial charge in [0.25, 0.3) is 0 Å². The number of rotatable bonds is 5. The molecule has 2 heteroatoms. The van der Waals surface area contributed by atoms with Crippen LogP contribution in [0.25, 0.3) is 0 Å². The Kier molecular flexibility index (Phi) is 4.97. The van der Waals surface area contributed by atoms with E-state index in [-0.39, 0.29) is 5.92 Å². The number of ketones is 1. The molecule has 0 bridgehead atoms. The molecule has 2 unspecified atom stereocenters. The second-order valence-electron chi connectivity index (χ2n) is 5.37. The number of carbonyl (C=O) groups is 1. The number of nitrogens with two attached hydrogens (primary N) is 1. The zero-order valence-electron chi connectivity index (χ0n) is 11.1. The lowest BCUT2D eigenvalue weighted by Crippen LogP contribution is -2.50.